The van der Waals surface area contributed by atoms with Gasteiger partial charge in [-0.05, 0) is 38.0 Å². The van der Waals surface area contributed by atoms with Crippen molar-refractivity contribution < 1.29 is 73.4 Å². The molecule has 2 saturated carbocycles. The van der Waals surface area contributed by atoms with Gasteiger partial charge in [-0.25, -0.2) is 4.79 Å². The summed E-state index contributed by atoms with van der Waals surface area (Å²) < 4.78 is 35.6. The van der Waals surface area contributed by atoms with E-state index in [1.807, 2.05) is 6.92 Å². The molecule has 4 fully saturated rings. The molecule has 0 aromatic heterocycles. The first-order chi connectivity index (χ1) is 23.3. The summed E-state index contributed by atoms with van der Waals surface area (Å²) >= 11 is 0. The Morgan fingerprint density at radius 3 is 2.18 bits per heavy atom. The van der Waals surface area contributed by atoms with Gasteiger partial charge in [0.05, 0.1) is 37.9 Å². The van der Waals surface area contributed by atoms with Gasteiger partial charge in [0.25, 0.3) is 0 Å². The van der Waals surface area contributed by atoms with Crippen molar-refractivity contribution >= 4 is 17.8 Å². The largest absolute Gasteiger partial charge is 0.479 e. The highest BCUT2D eigenvalue weighted by atomic mass is 16.7. The Kier molecular flexibility index (Phi) is 14.6. The first-order valence-corrected chi connectivity index (χ1v) is 17.5. The number of carbonyl (C=O) groups is 3. The molecule has 0 bridgehead atoms. The second-order valence-electron chi connectivity index (χ2n) is 13.9. The van der Waals surface area contributed by atoms with E-state index in [1.165, 1.54) is 21.0 Å². The Morgan fingerprint density at radius 1 is 0.898 bits per heavy atom. The zero-order valence-electron chi connectivity index (χ0n) is 28.7. The van der Waals surface area contributed by atoms with Crippen LogP contribution in [0, 0.1) is 17.8 Å². The van der Waals surface area contributed by atoms with Crippen molar-refractivity contribution in [2.45, 2.75) is 158 Å². The highest BCUT2D eigenvalue weighted by molar-refractivity contribution is 5.74. The third-order valence-electron chi connectivity index (χ3n) is 10.5. The quantitative estimate of drug-likeness (QED) is 0.121. The molecule has 0 spiro atoms. The zero-order valence-corrected chi connectivity index (χ0v) is 28.7. The van der Waals surface area contributed by atoms with E-state index in [0.717, 1.165) is 32.1 Å². The van der Waals surface area contributed by atoms with Crippen LogP contribution in [0.1, 0.15) is 78.6 Å². The molecular weight excluding hydrogens is 650 g/mol. The lowest BCUT2D eigenvalue weighted by atomic mass is 9.76. The number of carbonyl (C=O) groups excluding carboxylic acids is 2. The van der Waals surface area contributed by atoms with Crippen LogP contribution in [-0.2, 0) is 42.8 Å². The summed E-state index contributed by atoms with van der Waals surface area (Å²) in [4.78, 5) is 37.8. The number of carboxylic acid groups (broad SMARTS) is 1. The summed E-state index contributed by atoms with van der Waals surface area (Å²) in [5.41, 5.74) is 0. The number of aliphatic hydroxyl groups excluding tert-OH is 5. The number of aliphatic hydroxyl groups is 5. The van der Waals surface area contributed by atoms with Gasteiger partial charge in [-0.1, -0.05) is 45.4 Å². The van der Waals surface area contributed by atoms with Crippen LogP contribution in [-0.4, -0.2) is 142 Å². The van der Waals surface area contributed by atoms with Gasteiger partial charge in [-0.2, -0.15) is 0 Å². The van der Waals surface area contributed by atoms with Crippen molar-refractivity contribution in [2.75, 3.05) is 13.7 Å². The summed E-state index contributed by atoms with van der Waals surface area (Å²) in [6, 6.07) is -1.27. The molecule has 0 aromatic carbocycles. The molecule has 16 heteroatoms. The third kappa shape index (κ3) is 9.67. The standard InChI is InChI=1S/C33H55NO15/c1-5-18-12-19(31(43)44-4)13-20(28(18)49-33-27(40)26(39)24(37)15(2)45-33)47-32-23(34-16(3)36)29(25(38)22(14-35)48-32)46-21(30(41)42)11-17-9-7-6-8-10-17/h15,17-29,32-33,35,37-40H,5-14H2,1-4H3,(H,34,36)(H,41,42)/t15-,18?,19-,20+,21-,22?,23?,24?,25-,26?,27-,28?,29?,32+,33?/m0/s1. The number of rotatable bonds is 13. The Labute approximate surface area is 286 Å². The van der Waals surface area contributed by atoms with Crippen molar-refractivity contribution in [1.82, 2.24) is 5.32 Å². The van der Waals surface area contributed by atoms with Crippen LogP contribution in [0.3, 0.4) is 0 Å². The predicted octanol–water partition coefficient (Wildman–Crippen LogP) is -0.415. The Morgan fingerprint density at radius 2 is 1.59 bits per heavy atom. The number of ether oxygens (including phenoxy) is 6. The molecule has 49 heavy (non-hydrogen) atoms. The smallest absolute Gasteiger partial charge is 0.332 e. The van der Waals surface area contributed by atoms with Crippen molar-refractivity contribution in [3.05, 3.63) is 0 Å². The topological polar surface area (TPSA) is 240 Å². The second kappa shape index (κ2) is 18.0. The fraction of sp³-hybridized carbons (Fsp3) is 0.909. The molecule has 0 aromatic rings. The molecule has 8 unspecified atom stereocenters. The molecule has 16 nitrogen and oxygen atoms in total. The van der Waals surface area contributed by atoms with Crippen LogP contribution < -0.4 is 5.32 Å². The van der Waals surface area contributed by atoms with E-state index < -0.39 is 110 Å². The zero-order chi connectivity index (χ0) is 36.0. The number of hydrogen-bond donors (Lipinski definition) is 7. The third-order valence-corrected chi connectivity index (χ3v) is 10.5. The van der Waals surface area contributed by atoms with Crippen LogP contribution in [0.15, 0.2) is 0 Å². The van der Waals surface area contributed by atoms with Gasteiger partial charge in [0, 0.05) is 6.92 Å². The predicted molar refractivity (Wildman–Crippen MR) is 167 cm³/mol. The van der Waals surface area contributed by atoms with E-state index in [0.29, 0.717) is 12.8 Å². The summed E-state index contributed by atoms with van der Waals surface area (Å²) in [5, 5.41) is 65.7. The Hall–Kier alpha value is -1.99. The molecule has 2 saturated heterocycles. The summed E-state index contributed by atoms with van der Waals surface area (Å²) in [5.74, 6) is -3.20. The maximum Gasteiger partial charge on any atom is 0.332 e. The fourth-order valence-corrected chi connectivity index (χ4v) is 7.72. The lowest BCUT2D eigenvalue weighted by Gasteiger charge is -2.49. The van der Waals surface area contributed by atoms with Gasteiger partial charge >= 0.3 is 11.9 Å². The maximum atomic E-state index is 12.8. The number of carboxylic acids is 1. The van der Waals surface area contributed by atoms with Gasteiger partial charge in [-0.3, -0.25) is 9.59 Å². The summed E-state index contributed by atoms with van der Waals surface area (Å²) in [6.07, 6.45) is -9.97. The molecule has 4 rings (SSSR count). The fourth-order valence-electron chi connectivity index (χ4n) is 7.72. The average molecular weight is 706 g/mol. The molecule has 1 amide bonds. The van der Waals surface area contributed by atoms with Crippen LogP contribution in [0.25, 0.3) is 0 Å². The first kappa shape index (κ1) is 39.8. The number of nitrogens with one attached hydrogen (secondary N) is 1. The van der Waals surface area contributed by atoms with Gasteiger partial charge < -0.3 is 64.4 Å². The average Bonchev–Trinajstić information content (AvgIpc) is 3.08. The van der Waals surface area contributed by atoms with E-state index in [-0.39, 0.29) is 24.7 Å². The van der Waals surface area contributed by atoms with E-state index in [9.17, 15) is 45.0 Å². The van der Waals surface area contributed by atoms with Crippen molar-refractivity contribution in [2.24, 2.45) is 17.8 Å². The lowest BCUT2D eigenvalue weighted by molar-refractivity contribution is -0.338. The lowest BCUT2D eigenvalue weighted by Crippen LogP contribution is -2.67. The van der Waals surface area contributed by atoms with E-state index >= 15 is 0 Å². The Balaban J connectivity index is 1.65. The van der Waals surface area contributed by atoms with E-state index in [4.69, 9.17) is 28.4 Å². The number of aliphatic carboxylic acids is 1. The second-order valence-corrected chi connectivity index (χ2v) is 13.9. The van der Waals surface area contributed by atoms with Crippen molar-refractivity contribution in [1.29, 1.82) is 0 Å². The molecular formula is C33H55NO15. The van der Waals surface area contributed by atoms with Crippen LogP contribution >= 0.6 is 0 Å². The van der Waals surface area contributed by atoms with Gasteiger partial charge in [-0.15, -0.1) is 0 Å². The molecule has 2 aliphatic heterocycles. The van der Waals surface area contributed by atoms with Gasteiger partial charge in [0.2, 0.25) is 5.91 Å². The van der Waals surface area contributed by atoms with Gasteiger partial charge in [0.1, 0.15) is 42.7 Å². The van der Waals surface area contributed by atoms with Crippen LogP contribution in [0.4, 0.5) is 0 Å². The monoisotopic (exact) mass is 705 g/mol. The molecule has 15 atom stereocenters. The molecule has 282 valence electrons. The number of amides is 1. The van der Waals surface area contributed by atoms with Crippen molar-refractivity contribution in [3.63, 3.8) is 0 Å². The van der Waals surface area contributed by atoms with Crippen LogP contribution in [0.2, 0.25) is 0 Å². The maximum absolute atomic E-state index is 12.8. The Bertz CT molecular complexity index is 1090. The number of methoxy groups -OCH3 is 1. The minimum atomic E-state index is -1.62. The van der Waals surface area contributed by atoms with Gasteiger partial charge in [0.15, 0.2) is 18.7 Å². The van der Waals surface area contributed by atoms with E-state index in [2.05, 4.69) is 5.32 Å². The van der Waals surface area contributed by atoms with E-state index in [1.54, 1.807) is 0 Å². The molecule has 4 aliphatic rings. The van der Waals surface area contributed by atoms with Crippen molar-refractivity contribution in [3.8, 4) is 0 Å². The minimum absolute atomic E-state index is 0.0291. The normalized spacial score (nSPS) is 41.1. The highest BCUT2D eigenvalue weighted by Crippen LogP contribution is 2.40. The number of hydrogen-bond acceptors (Lipinski definition) is 14. The SMILES string of the molecule is CCC1C[C@H](C(=O)OC)C[C@@H](O[C@@H]2OC(CO)[C@H](O)C(O[C@@H](CC3CCCCC3)C(=O)O)C2NC(C)=O)C1OC1O[C@@H](C)C(O)C(O)[C@@H]1O. The summed E-state index contributed by atoms with van der Waals surface area (Å²) in [7, 11) is 1.26. The number of esters is 1. The summed E-state index contributed by atoms with van der Waals surface area (Å²) in [6.45, 7) is 3.92. The highest BCUT2D eigenvalue weighted by Gasteiger charge is 2.53. The molecule has 2 aliphatic carbocycles. The molecule has 2 heterocycles. The minimum Gasteiger partial charge on any atom is -0.479 e. The first-order valence-electron chi connectivity index (χ1n) is 17.5. The molecule has 0 radical (unpaired) electrons. The molecule has 7 N–H and O–H groups in total. The van der Waals surface area contributed by atoms with Crippen LogP contribution in [0.5, 0.6) is 0 Å².